The maximum atomic E-state index is 12.8. The molecule has 0 bridgehead atoms. The van der Waals surface area contributed by atoms with Crippen LogP contribution in [0, 0.1) is 0 Å². The number of aromatic nitrogens is 2. The van der Waals surface area contributed by atoms with Gasteiger partial charge in [0.05, 0.1) is 23.7 Å². The zero-order valence-electron chi connectivity index (χ0n) is 14.9. The molecular weight excluding hydrogens is 388 g/mol. The molecular formula is C19H17F2N3O3S. The van der Waals surface area contributed by atoms with E-state index in [9.17, 15) is 18.4 Å². The molecule has 3 rings (SSSR count). The first-order chi connectivity index (χ1) is 13.5. The Morgan fingerprint density at radius 1 is 1.18 bits per heavy atom. The summed E-state index contributed by atoms with van der Waals surface area (Å²) in [6.45, 7) is 0.111. The summed E-state index contributed by atoms with van der Waals surface area (Å²) < 4.78 is 31.8. The molecule has 2 aromatic carbocycles. The van der Waals surface area contributed by atoms with Gasteiger partial charge < -0.3 is 14.6 Å². The van der Waals surface area contributed by atoms with E-state index in [1.54, 1.807) is 48.5 Å². The van der Waals surface area contributed by atoms with Crippen molar-refractivity contribution in [1.29, 1.82) is 0 Å². The van der Waals surface area contributed by atoms with Crippen molar-refractivity contribution in [2.45, 2.75) is 24.0 Å². The smallest absolute Gasteiger partial charge is 0.337 e. The highest BCUT2D eigenvalue weighted by Gasteiger charge is 2.17. The molecule has 3 aromatic rings. The van der Waals surface area contributed by atoms with Crippen LogP contribution in [0.2, 0.25) is 0 Å². The fourth-order valence-electron chi connectivity index (χ4n) is 2.65. The van der Waals surface area contributed by atoms with Gasteiger partial charge in [0.1, 0.15) is 6.54 Å². The number of esters is 1. The van der Waals surface area contributed by atoms with E-state index < -0.39 is 11.7 Å². The zero-order valence-corrected chi connectivity index (χ0v) is 15.7. The van der Waals surface area contributed by atoms with Crippen molar-refractivity contribution in [3.8, 4) is 0 Å². The second-order valence-electron chi connectivity index (χ2n) is 5.81. The second kappa shape index (κ2) is 8.83. The summed E-state index contributed by atoms with van der Waals surface area (Å²) in [5.41, 5.74) is 2.37. The number of hydrogen-bond acceptors (Lipinski definition) is 5. The molecule has 0 atom stereocenters. The Bertz CT molecular complexity index is 990. The molecule has 146 valence electrons. The van der Waals surface area contributed by atoms with Crippen LogP contribution in [0.1, 0.15) is 15.9 Å². The van der Waals surface area contributed by atoms with Crippen LogP contribution < -0.4 is 5.32 Å². The number of alkyl halides is 2. The van der Waals surface area contributed by atoms with Crippen molar-refractivity contribution in [2.75, 3.05) is 7.11 Å². The highest BCUT2D eigenvalue weighted by atomic mass is 32.2. The molecule has 0 saturated carbocycles. The van der Waals surface area contributed by atoms with E-state index in [-0.39, 0.29) is 24.2 Å². The minimum absolute atomic E-state index is 0.0915. The van der Waals surface area contributed by atoms with Crippen LogP contribution in [0.4, 0.5) is 8.78 Å². The van der Waals surface area contributed by atoms with E-state index in [1.165, 1.54) is 11.7 Å². The minimum Gasteiger partial charge on any atom is -0.465 e. The topological polar surface area (TPSA) is 73.2 Å². The summed E-state index contributed by atoms with van der Waals surface area (Å²) in [7, 11) is 1.30. The van der Waals surface area contributed by atoms with Gasteiger partial charge in [-0.15, -0.1) is 0 Å². The maximum Gasteiger partial charge on any atom is 0.337 e. The van der Waals surface area contributed by atoms with Gasteiger partial charge in [-0.05, 0) is 41.6 Å². The first kappa shape index (κ1) is 19.8. The van der Waals surface area contributed by atoms with E-state index in [0.29, 0.717) is 28.4 Å². The Morgan fingerprint density at radius 2 is 1.89 bits per heavy atom. The van der Waals surface area contributed by atoms with E-state index in [0.717, 1.165) is 5.56 Å². The van der Waals surface area contributed by atoms with E-state index in [1.807, 2.05) is 0 Å². The number of para-hydroxylation sites is 2. The minimum atomic E-state index is -2.63. The van der Waals surface area contributed by atoms with Gasteiger partial charge >= 0.3 is 5.97 Å². The predicted octanol–water partition coefficient (Wildman–Crippen LogP) is 3.45. The molecule has 0 aliphatic rings. The summed E-state index contributed by atoms with van der Waals surface area (Å²) >= 11 is 0.308. The first-order valence-electron chi connectivity index (χ1n) is 8.32. The molecule has 0 fully saturated rings. The lowest BCUT2D eigenvalue weighted by Crippen LogP contribution is -2.27. The average molecular weight is 405 g/mol. The molecule has 0 aliphatic heterocycles. The quantitative estimate of drug-likeness (QED) is 0.481. The SMILES string of the molecule is COC(=O)c1ccc(CNC(=O)Cn2c(SC(F)F)nc3ccccc32)cc1. The van der Waals surface area contributed by atoms with Crippen molar-refractivity contribution in [3.05, 3.63) is 59.7 Å². The molecule has 28 heavy (non-hydrogen) atoms. The number of ether oxygens (including phenoxy) is 1. The first-order valence-corrected chi connectivity index (χ1v) is 9.20. The number of benzene rings is 2. The van der Waals surface area contributed by atoms with Crippen LogP contribution >= 0.6 is 11.8 Å². The summed E-state index contributed by atoms with van der Waals surface area (Å²) in [5, 5.41) is 2.84. The maximum absolute atomic E-state index is 12.8. The molecule has 1 amide bonds. The number of fused-ring (bicyclic) bond motifs is 1. The van der Waals surface area contributed by atoms with Crippen LogP contribution in [-0.4, -0.2) is 34.3 Å². The Balaban J connectivity index is 1.68. The number of thioether (sulfide) groups is 1. The number of hydrogen-bond donors (Lipinski definition) is 1. The van der Waals surface area contributed by atoms with Gasteiger partial charge in [-0.25, -0.2) is 9.78 Å². The van der Waals surface area contributed by atoms with Crippen LogP contribution in [0.15, 0.2) is 53.7 Å². The number of nitrogens with one attached hydrogen (secondary N) is 1. The normalized spacial score (nSPS) is 11.0. The summed E-state index contributed by atoms with van der Waals surface area (Å²) in [6, 6.07) is 13.6. The Morgan fingerprint density at radius 3 is 2.57 bits per heavy atom. The largest absolute Gasteiger partial charge is 0.465 e. The van der Waals surface area contributed by atoms with E-state index in [2.05, 4.69) is 15.0 Å². The fourth-order valence-corrected chi connectivity index (χ4v) is 3.25. The van der Waals surface area contributed by atoms with Crippen molar-refractivity contribution in [1.82, 2.24) is 14.9 Å². The van der Waals surface area contributed by atoms with Gasteiger partial charge in [0.25, 0.3) is 5.76 Å². The number of carbonyl (C=O) groups is 2. The highest BCUT2D eigenvalue weighted by Crippen LogP contribution is 2.28. The lowest BCUT2D eigenvalue weighted by molar-refractivity contribution is -0.121. The van der Waals surface area contributed by atoms with E-state index >= 15 is 0 Å². The molecule has 9 heteroatoms. The van der Waals surface area contributed by atoms with E-state index in [4.69, 9.17) is 0 Å². The van der Waals surface area contributed by atoms with Gasteiger partial charge in [0.15, 0.2) is 5.16 Å². The number of amides is 1. The Labute approximate surface area is 163 Å². The number of methoxy groups -OCH3 is 1. The van der Waals surface area contributed by atoms with Crippen LogP contribution in [0.3, 0.4) is 0 Å². The van der Waals surface area contributed by atoms with Gasteiger partial charge in [0.2, 0.25) is 5.91 Å². The lowest BCUT2D eigenvalue weighted by Gasteiger charge is -2.10. The molecule has 0 unspecified atom stereocenters. The second-order valence-corrected chi connectivity index (χ2v) is 6.77. The van der Waals surface area contributed by atoms with Crippen molar-refractivity contribution in [3.63, 3.8) is 0 Å². The molecule has 6 nitrogen and oxygen atoms in total. The summed E-state index contributed by atoms with van der Waals surface area (Å²) in [4.78, 5) is 28.0. The van der Waals surface area contributed by atoms with Crippen molar-refractivity contribution < 1.29 is 23.1 Å². The molecule has 1 N–H and O–H groups in total. The number of carbonyl (C=O) groups excluding carboxylic acids is 2. The molecule has 0 spiro atoms. The Kier molecular flexibility index (Phi) is 6.25. The van der Waals surface area contributed by atoms with Crippen LogP contribution in [0.25, 0.3) is 11.0 Å². The lowest BCUT2D eigenvalue weighted by atomic mass is 10.1. The monoisotopic (exact) mass is 405 g/mol. The Hall–Kier alpha value is -2.94. The number of halogens is 2. The zero-order chi connectivity index (χ0) is 20.1. The molecule has 0 radical (unpaired) electrons. The van der Waals surface area contributed by atoms with Crippen molar-refractivity contribution in [2.24, 2.45) is 0 Å². The summed E-state index contributed by atoms with van der Waals surface area (Å²) in [6.07, 6.45) is 0. The van der Waals surface area contributed by atoms with Gasteiger partial charge in [0, 0.05) is 6.54 Å². The van der Waals surface area contributed by atoms with Gasteiger partial charge in [-0.2, -0.15) is 8.78 Å². The molecule has 0 saturated heterocycles. The standard InChI is InChI=1S/C19H17F2N3O3S/c1-27-17(26)13-8-6-12(7-9-13)10-22-16(25)11-24-15-5-3-2-4-14(15)23-19(24)28-18(20)21/h2-9,18H,10-11H2,1H3,(H,22,25). The third-order valence-corrected chi connectivity index (χ3v) is 4.68. The molecule has 0 aliphatic carbocycles. The third-order valence-electron chi connectivity index (χ3n) is 3.98. The molecule has 1 aromatic heterocycles. The third kappa shape index (κ3) is 4.66. The summed E-state index contributed by atoms with van der Waals surface area (Å²) in [5.74, 6) is -3.41. The van der Waals surface area contributed by atoms with Gasteiger partial charge in [-0.3, -0.25) is 4.79 Å². The number of imidazole rings is 1. The molecule has 1 heterocycles. The fraction of sp³-hybridized carbons (Fsp3) is 0.211. The number of nitrogens with zero attached hydrogens (tertiary/aromatic N) is 2. The van der Waals surface area contributed by atoms with Crippen LogP contribution in [0.5, 0.6) is 0 Å². The van der Waals surface area contributed by atoms with Crippen molar-refractivity contribution >= 4 is 34.7 Å². The average Bonchev–Trinajstić information content (AvgIpc) is 3.02. The van der Waals surface area contributed by atoms with Crippen LogP contribution in [-0.2, 0) is 22.6 Å². The predicted molar refractivity (Wildman–Crippen MR) is 101 cm³/mol. The van der Waals surface area contributed by atoms with Gasteiger partial charge in [-0.1, -0.05) is 24.3 Å². The highest BCUT2D eigenvalue weighted by molar-refractivity contribution is 7.99. The number of rotatable bonds is 7.